The normalized spacial score (nSPS) is 14.3. The van der Waals surface area contributed by atoms with Crippen LogP contribution in [-0.2, 0) is 26.1 Å². The Morgan fingerprint density at radius 1 is 1.07 bits per heavy atom. The maximum Gasteiger partial charge on any atom is 0.270 e. The number of hydrogen-bond donors (Lipinski definition) is 1. The molecule has 7 nitrogen and oxygen atoms in total. The van der Waals surface area contributed by atoms with Crippen molar-refractivity contribution < 1.29 is 4.79 Å². The smallest absolute Gasteiger partial charge is 0.270 e. The number of amides is 1. The molecule has 1 N–H and O–H groups in total. The van der Waals surface area contributed by atoms with Gasteiger partial charge in [-0.05, 0) is 23.8 Å². The summed E-state index contributed by atoms with van der Waals surface area (Å²) >= 11 is 6.30. The van der Waals surface area contributed by atoms with Gasteiger partial charge in [0.15, 0.2) is 5.82 Å². The molecule has 144 valence electrons. The van der Waals surface area contributed by atoms with Crippen molar-refractivity contribution in [1.29, 1.82) is 0 Å². The van der Waals surface area contributed by atoms with Gasteiger partial charge < -0.3 is 9.88 Å². The van der Waals surface area contributed by atoms with Crippen molar-refractivity contribution in [3.8, 4) is 0 Å². The molecule has 1 aliphatic rings. The Labute approximate surface area is 168 Å². The van der Waals surface area contributed by atoms with Crippen LogP contribution < -0.4 is 5.32 Å². The quantitative estimate of drug-likeness (QED) is 0.716. The standard InChI is InChI=1S/C20H21ClN6O/c21-16-6-2-1-5-15(16)14-26-10-8-18-24-25-19(27(18)12-11-26)13-23-20(28)17-7-3-4-9-22-17/h1-7,9H,8,10-14H2,(H,23,28). The lowest BCUT2D eigenvalue weighted by molar-refractivity contribution is 0.0944. The summed E-state index contributed by atoms with van der Waals surface area (Å²) < 4.78 is 2.10. The summed E-state index contributed by atoms with van der Waals surface area (Å²) in [4.78, 5) is 18.6. The van der Waals surface area contributed by atoms with Crippen molar-refractivity contribution in [1.82, 2.24) is 30.0 Å². The third kappa shape index (κ3) is 4.21. The van der Waals surface area contributed by atoms with Crippen molar-refractivity contribution in [2.45, 2.75) is 26.1 Å². The zero-order chi connectivity index (χ0) is 19.3. The highest BCUT2D eigenvalue weighted by molar-refractivity contribution is 6.31. The minimum absolute atomic E-state index is 0.216. The molecule has 4 rings (SSSR count). The van der Waals surface area contributed by atoms with Crippen LogP contribution in [0.15, 0.2) is 48.7 Å². The van der Waals surface area contributed by atoms with Gasteiger partial charge in [0.2, 0.25) is 0 Å². The number of aromatic nitrogens is 4. The third-order valence-electron chi connectivity index (χ3n) is 4.85. The highest BCUT2D eigenvalue weighted by atomic mass is 35.5. The van der Waals surface area contributed by atoms with Crippen molar-refractivity contribution in [3.63, 3.8) is 0 Å². The minimum Gasteiger partial charge on any atom is -0.343 e. The average molecular weight is 397 g/mol. The molecule has 2 aromatic heterocycles. The van der Waals surface area contributed by atoms with Gasteiger partial charge in [0, 0.05) is 43.8 Å². The molecule has 0 radical (unpaired) electrons. The van der Waals surface area contributed by atoms with Gasteiger partial charge in [0.1, 0.15) is 11.5 Å². The SMILES string of the molecule is O=C(NCc1nnc2n1CCN(Cc1ccccc1Cl)CC2)c1ccccn1. The molecule has 3 heterocycles. The fourth-order valence-corrected chi connectivity index (χ4v) is 3.53. The molecule has 0 bridgehead atoms. The lowest BCUT2D eigenvalue weighted by Crippen LogP contribution is -2.28. The second-order valence-corrected chi connectivity index (χ2v) is 7.11. The molecule has 1 aromatic carbocycles. The average Bonchev–Trinajstić information content (AvgIpc) is 3.01. The Kier molecular flexibility index (Phi) is 5.64. The lowest BCUT2D eigenvalue weighted by Gasteiger charge is -2.20. The fourth-order valence-electron chi connectivity index (χ4n) is 3.33. The van der Waals surface area contributed by atoms with Crippen LogP contribution in [0.3, 0.4) is 0 Å². The first-order chi connectivity index (χ1) is 13.7. The molecule has 0 aliphatic carbocycles. The van der Waals surface area contributed by atoms with Crippen LogP contribution in [0.2, 0.25) is 5.02 Å². The number of fused-ring (bicyclic) bond motifs is 1. The molecule has 3 aromatic rings. The van der Waals surface area contributed by atoms with Crippen LogP contribution in [0, 0.1) is 0 Å². The van der Waals surface area contributed by atoms with E-state index in [1.165, 1.54) is 0 Å². The summed E-state index contributed by atoms with van der Waals surface area (Å²) in [6, 6.07) is 13.2. The Hall–Kier alpha value is -2.77. The summed E-state index contributed by atoms with van der Waals surface area (Å²) in [6.45, 7) is 3.68. The van der Waals surface area contributed by atoms with E-state index in [-0.39, 0.29) is 5.91 Å². The van der Waals surface area contributed by atoms with Crippen LogP contribution in [0.1, 0.15) is 27.7 Å². The van der Waals surface area contributed by atoms with Gasteiger partial charge in [0.05, 0.1) is 6.54 Å². The van der Waals surface area contributed by atoms with E-state index in [4.69, 9.17) is 11.6 Å². The number of carbonyl (C=O) groups excluding carboxylic acids is 1. The number of carbonyl (C=O) groups is 1. The molecule has 28 heavy (non-hydrogen) atoms. The van der Waals surface area contributed by atoms with E-state index in [1.54, 1.807) is 24.4 Å². The van der Waals surface area contributed by atoms with E-state index in [0.29, 0.717) is 12.2 Å². The number of pyridine rings is 1. The van der Waals surface area contributed by atoms with Crippen molar-refractivity contribution in [2.75, 3.05) is 13.1 Å². The molecule has 0 atom stereocenters. The molecular formula is C20H21ClN6O. The van der Waals surface area contributed by atoms with Gasteiger partial charge in [-0.3, -0.25) is 14.7 Å². The Balaban J connectivity index is 1.38. The first kappa shape index (κ1) is 18.6. The topological polar surface area (TPSA) is 75.9 Å². The van der Waals surface area contributed by atoms with E-state index in [1.807, 2.05) is 18.2 Å². The molecule has 0 spiro atoms. The second-order valence-electron chi connectivity index (χ2n) is 6.70. The number of hydrogen-bond acceptors (Lipinski definition) is 5. The van der Waals surface area contributed by atoms with Gasteiger partial charge in [-0.25, -0.2) is 0 Å². The van der Waals surface area contributed by atoms with E-state index in [2.05, 4.69) is 36.0 Å². The predicted molar refractivity (Wildman–Crippen MR) is 106 cm³/mol. The maximum atomic E-state index is 12.2. The van der Waals surface area contributed by atoms with Crippen LogP contribution in [0.5, 0.6) is 0 Å². The highest BCUT2D eigenvalue weighted by Crippen LogP contribution is 2.18. The number of nitrogens with zero attached hydrogens (tertiary/aromatic N) is 5. The number of benzene rings is 1. The van der Waals surface area contributed by atoms with E-state index >= 15 is 0 Å². The summed E-state index contributed by atoms with van der Waals surface area (Å²) in [6.07, 6.45) is 2.41. The van der Waals surface area contributed by atoms with Gasteiger partial charge in [-0.2, -0.15) is 0 Å². The molecule has 0 saturated heterocycles. The molecule has 0 unspecified atom stereocenters. The predicted octanol–water partition coefficient (Wildman–Crippen LogP) is 2.31. The van der Waals surface area contributed by atoms with Gasteiger partial charge in [-0.1, -0.05) is 35.9 Å². The van der Waals surface area contributed by atoms with E-state index in [9.17, 15) is 4.79 Å². The molecule has 0 fully saturated rings. The molecule has 1 amide bonds. The summed E-state index contributed by atoms with van der Waals surface area (Å²) in [5, 5.41) is 12.3. The number of nitrogens with one attached hydrogen (secondary N) is 1. The third-order valence-corrected chi connectivity index (χ3v) is 5.22. The maximum absolute atomic E-state index is 12.2. The van der Waals surface area contributed by atoms with E-state index < -0.39 is 0 Å². The van der Waals surface area contributed by atoms with Crippen molar-refractivity contribution >= 4 is 17.5 Å². The van der Waals surface area contributed by atoms with E-state index in [0.717, 1.165) is 54.8 Å². The fraction of sp³-hybridized carbons (Fsp3) is 0.300. The van der Waals surface area contributed by atoms with Gasteiger partial charge in [0.25, 0.3) is 5.91 Å². The molecule has 8 heteroatoms. The van der Waals surface area contributed by atoms with Crippen LogP contribution in [-0.4, -0.2) is 43.6 Å². The monoisotopic (exact) mass is 396 g/mol. The minimum atomic E-state index is -0.216. The Morgan fingerprint density at radius 3 is 2.75 bits per heavy atom. The summed E-state index contributed by atoms with van der Waals surface area (Å²) in [5.74, 6) is 1.49. The molecular weight excluding hydrogens is 376 g/mol. The van der Waals surface area contributed by atoms with Gasteiger partial charge in [-0.15, -0.1) is 10.2 Å². The van der Waals surface area contributed by atoms with Crippen molar-refractivity contribution in [3.05, 3.63) is 76.6 Å². The van der Waals surface area contributed by atoms with Crippen LogP contribution in [0.4, 0.5) is 0 Å². The Morgan fingerprint density at radius 2 is 1.93 bits per heavy atom. The first-order valence-electron chi connectivity index (χ1n) is 9.26. The molecule has 0 saturated carbocycles. The Bertz CT molecular complexity index is 958. The highest BCUT2D eigenvalue weighted by Gasteiger charge is 2.19. The number of rotatable bonds is 5. The number of halogens is 1. The summed E-state index contributed by atoms with van der Waals surface area (Å²) in [7, 11) is 0. The summed E-state index contributed by atoms with van der Waals surface area (Å²) in [5.41, 5.74) is 1.52. The first-order valence-corrected chi connectivity index (χ1v) is 9.64. The molecule has 1 aliphatic heterocycles. The second kappa shape index (κ2) is 8.50. The lowest BCUT2D eigenvalue weighted by atomic mass is 10.2. The van der Waals surface area contributed by atoms with Crippen molar-refractivity contribution in [2.24, 2.45) is 0 Å². The van der Waals surface area contributed by atoms with Gasteiger partial charge >= 0.3 is 0 Å². The van der Waals surface area contributed by atoms with Crippen LogP contribution in [0.25, 0.3) is 0 Å². The zero-order valence-electron chi connectivity index (χ0n) is 15.4. The van der Waals surface area contributed by atoms with Crippen LogP contribution >= 0.6 is 11.6 Å². The zero-order valence-corrected chi connectivity index (χ0v) is 16.1. The largest absolute Gasteiger partial charge is 0.343 e.